The summed E-state index contributed by atoms with van der Waals surface area (Å²) in [5, 5.41) is 0. The number of nitrogens with two attached hydrogens (primary N) is 1. The minimum absolute atomic E-state index is 0.561. The number of hydrogen-bond acceptors (Lipinski definition) is 3. The molecular formula is C11H12BrN3S. The van der Waals surface area contributed by atoms with Crippen molar-refractivity contribution in [2.24, 2.45) is 0 Å². The van der Waals surface area contributed by atoms with Crippen molar-refractivity contribution in [2.45, 2.75) is 12.3 Å². The molecule has 3 nitrogen and oxygen atoms in total. The van der Waals surface area contributed by atoms with Gasteiger partial charge in [-0.2, -0.15) is 11.8 Å². The van der Waals surface area contributed by atoms with E-state index in [1.54, 1.807) is 0 Å². The number of pyridine rings is 1. The fourth-order valence-electron chi connectivity index (χ4n) is 2.11. The van der Waals surface area contributed by atoms with Crippen molar-refractivity contribution in [2.75, 3.05) is 17.2 Å². The number of fused-ring (bicyclic) bond motifs is 1. The standard InChI is InChI=1S/C11H12BrN3S/c12-10-9-2-1-8(13)5-15(9)11(14-10)7-3-4-16-6-7/h1-2,5,7H,3-4,6,13H2. The van der Waals surface area contributed by atoms with Crippen LogP contribution in [0.1, 0.15) is 18.2 Å². The highest BCUT2D eigenvalue weighted by Gasteiger charge is 2.23. The van der Waals surface area contributed by atoms with Crippen LogP contribution in [0.15, 0.2) is 22.9 Å². The second kappa shape index (κ2) is 3.96. The van der Waals surface area contributed by atoms with Gasteiger partial charge in [0.05, 0.1) is 5.52 Å². The van der Waals surface area contributed by atoms with E-state index in [-0.39, 0.29) is 0 Å². The number of hydrogen-bond donors (Lipinski definition) is 1. The van der Waals surface area contributed by atoms with Crippen LogP contribution in [0.3, 0.4) is 0 Å². The molecule has 0 aromatic carbocycles. The van der Waals surface area contributed by atoms with Crippen molar-refractivity contribution in [1.82, 2.24) is 9.38 Å². The van der Waals surface area contributed by atoms with Crippen LogP contribution in [0, 0.1) is 0 Å². The van der Waals surface area contributed by atoms with Crippen LogP contribution in [0.25, 0.3) is 5.52 Å². The highest BCUT2D eigenvalue weighted by Crippen LogP contribution is 2.34. The van der Waals surface area contributed by atoms with Gasteiger partial charge >= 0.3 is 0 Å². The first kappa shape index (κ1) is 10.5. The molecule has 3 heterocycles. The van der Waals surface area contributed by atoms with Gasteiger partial charge in [0.2, 0.25) is 0 Å². The molecule has 16 heavy (non-hydrogen) atoms. The van der Waals surface area contributed by atoms with Gasteiger partial charge in [-0.15, -0.1) is 0 Å². The predicted octanol–water partition coefficient (Wildman–Crippen LogP) is 2.90. The zero-order chi connectivity index (χ0) is 11.1. The summed E-state index contributed by atoms with van der Waals surface area (Å²) >= 11 is 5.51. The van der Waals surface area contributed by atoms with Crippen molar-refractivity contribution in [3.8, 4) is 0 Å². The maximum absolute atomic E-state index is 5.83. The second-order valence-corrected chi connectivity index (χ2v) is 5.94. The lowest BCUT2D eigenvalue weighted by Crippen LogP contribution is -2.03. The minimum atomic E-state index is 0.561. The van der Waals surface area contributed by atoms with Gasteiger partial charge in [0.25, 0.3) is 0 Å². The lowest BCUT2D eigenvalue weighted by Gasteiger charge is -2.07. The monoisotopic (exact) mass is 297 g/mol. The van der Waals surface area contributed by atoms with Crippen molar-refractivity contribution in [3.05, 3.63) is 28.8 Å². The third-order valence-corrected chi connectivity index (χ3v) is 4.68. The molecule has 0 aliphatic carbocycles. The Hall–Kier alpha value is -0.680. The van der Waals surface area contributed by atoms with Crippen LogP contribution < -0.4 is 5.73 Å². The van der Waals surface area contributed by atoms with Crippen molar-refractivity contribution >= 4 is 38.9 Å². The first-order valence-corrected chi connectivity index (χ1v) is 7.21. The average molecular weight is 298 g/mol. The molecule has 2 N–H and O–H groups in total. The van der Waals surface area contributed by atoms with E-state index in [4.69, 9.17) is 5.73 Å². The van der Waals surface area contributed by atoms with Crippen molar-refractivity contribution in [1.29, 1.82) is 0 Å². The van der Waals surface area contributed by atoms with Crippen LogP contribution in [0.5, 0.6) is 0 Å². The van der Waals surface area contributed by atoms with E-state index in [0.717, 1.165) is 21.6 Å². The molecule has 2 aromatic rings. The van der Waals surface area contributed by atoms with E-state index < -0.39 is 0 Å². The molecule has 1 unspecified atom stereocenters. The number of nitrogen functional groups attached to an aromatic ring is 1. The minimum Gasteiger partial charge on any atom is -0.398 e. The van der Waals surface area contributed by atoms with Crippen LogP contribution in [0.4, 0.5) is 5.69 Å². The molecule has 1 aliphatic rings. The summed E-state index contributed by atoms with van der Waals surface area (Å²) in [6.45, 7) is 0. The summed E-state index contributed by atoms with van der Waals surface area (Å²) in [6.07, 6.45) is 3.18. The lowest BCUT2D eigenvalue weighted by molar-refractivity contribution is 0.713. The summed E-state index contributed by atoms with van der Waals surface area (Å²) < 4.78 is 3.04. The Balaban J connectivity index is 2.19. The highest BCUT2D eigenvalue weighted by atomic mass is 79.9. The van der Waals surface area contributed by atoms with Crippen molar-refractivity contribution in [3.63, 3.8) is 0 Å². The Labute approximate surface area is 107 Å². The van der Waals surface area contributed by atoms with E-state index in [1.165, 1.54) is 17.9 Å². The number of anilines is 1. The number of halogens is 1. The third kappa shape index (κ3) is 1.62. The first-order valence-electron chi connectivity index (χ1n) is 5.26. The van der Waals surface area contributed by atoms with Crippen LogP contribution in [-0.2, 0) is 0 Å². The van der Waals surface area contributed by atoms with E-state index in [2.05, 4.69) is 25.3 Å². The molecule has 3 rings (SSSR count). The number of imidazole rings is 1. The Kier molecular flexibility index (Phi) is 2.59. The second-order valence-electron chi connectivity index (χ2n) is 4.04. The van der Waals surface area contributed by atoms with E-state index >= 15 is 0 Å². The molecule has 2 aromatic heterocycles. The highest BCUT2D eigenvalue weighted by molar-refractivity contribution is 9.10. The molecular weight excluding hydrogens is 286 g/mol. The van der Waals surface area contributed by atoms with Gasteiger partial charge in [0, 0.05) is 23.6 Å². The molecule has 84 valence electrons. The zero-order valence-corrected chi connectivity index (χ0v) is 11.1. The van der Waals surface area contributed by atoms with Crippen LogP contribution in [-0.4, -0.2) is 20.9 Å². The molecule has 0 saturated carbocycles. The molecule has 0 radical (unpaired) electrons. The Bertz CT molecular complexity index is 531. The summed E-state index contributed by atoms with van der Waals surface area (Å²) in [5.74, 6) is 4.10. The van der Waals surface area contributed by atoms with E-state index in [1.807, 2.05) is 30.1 Å². The van der Waals surface area contributed by atoms with Gasteiger partial charge in [-0.3, -0.25) is 0 Å². The molecule has 5 heteroatoms. The van der Waals surface area contributed by atoms with Gasteiger partial charge in [-0.1, -0.05) is 0 Å². The number of nitrogens with zero attached hydrogens (tertiary/aromatic N) is 2. The molecule has 1 saturated heterocycles. The van der Waals surface area contributed by atoms with Gasteiger partial charge in [-0.05, 0) is 40.2 Å². The fraction of sp³-hybridized carbons (Fsp3) is 0.364. The predicted molar refractivity (Wildman–Crippen MR) is 72.0 cm³/mol. The largest absolute Gasteiger partial charge is 0.398 e. The molecule has 0 bridgehead atoms. The summed E-state index contributed by atoms with van der Waals surface area (Å²) in [5.41, 5.74) is 7.71. The Morgan fingerprint density at radius 3 is 3.12 bits per heavy atom. The summed E-state index contributed by atoms with van der Waals surface area (Å²) in [6, 6.07) is 3.92. The fourth-order valence-corrected chi connectivity index (χ4v) is 3.84. The quantitative estimate of drug-likeness (QED) is 0.880. The van der Waals surface area contributed by atoms with Crippen LogP contribution in [0.2, 0.25) is 0 Å². The topological polar surface area (TPSA) is 43.3 Å². The number of thioether (sulfide) groups is 1. The summed E-state index contributed by atoms with van der Waals surface area (Å²) in [7, 11) is 0. The maximum Gasteiger partial charge on any atom is 0.132 e. The molecule has 0 amide bonds. The zero-order valence-electron chi connectivity index (χ0n) is 8.69. The van der Waals surface area contributed by atoms with Gasteiger partial charge in [0.1, 0.15) is 10.4 Å². The lowest BCUT2D eigenvalue weighted by atomic mass is 10.1. The third-order valence-electron chi connectivity index (χ3n) is 2.94. The number of aromatic nitrogens is 2. The average Bonchev–Trinajstić information content (AvgIpc) is 2.86. The number of rotatable bonds is 1. The Morgan fingerprint density at radius 2 is 2.38 bits per heavy atom. The summed E-state index contributed by atoms with van der Waals surface area (Å²) in [4.78, 5) is 4.62. The van der Waals surface area contributed by atoms with E-state index in [9.17, 15) is 0 Å². The molecule has 0 spiro atoms. The Morgan fingerprint density at radius 1 is 1.50 bits per heavy atom. The first-order chi connectivity index (χ1) is 7.75. The SMILES string of the molecule is Nc1ccc2c(Br)nc(C3CCSC3)n2c1. The van der Waals surface area contributed by atoms with Gasteiger partial charge in [-0.25, -0.2) is 4.98 Å². The molecule has 1 aliphatic heterocycles. The molecule has 1 fully saturated rings. The maximum atomic E-state index is 5.83. The van der Waals surface area contributed by atoms with Gasteiger partial charge < -0.3 is 10.1 Å². The normalized spacial score (nSPS) is 20.7. The van der Waals surface area contributed by atoms with Crippen molar-refractivity contribution < 1.29 is 0 Å². The van der Waals surface area contributed by atoms with E-state index in [0.29, 0.717) is 5.92 Å². The van der Waals surface area contributed by atoms with Gasteiger partial charge in [0.15, 0.2) is 0 Å². The van der Waals surface area contributed by atoms with Crippen LogP contribution >= 0.6 is 27.7 Å². The smallest absolute Gasteiger partial charge is 0.132 e. The molecule has 1 atom stereocenters.